The normalized spacial score (nSPS) is 25.9. The van der Waals surface area contributed by atoms with Crippen molar-refractivity contribution in [3.05, 3.63) is 24.2 Å². The van der Waals surface area contributed by atoms with Gasteiger partial charge in [-0.1, -0.05) is 48.5 Å². The van der Waals surface area contributed by atoms with E-state index in [9.17, 15) is 24.0 Å². The largest absolute Gasteiger partial charge is 0.472 e. The summed E-state index contributed by atoms with van der Waals surface area (Å²) in [5, 5.41) is 0. The number of ether oxygens (including phenoxy) is 5. The average molecular weight is 892 g/mol. The lowest BCUT2D eigenvalue weighted by atomic mass is 9.80. The van der Waals surface area contributed by atoms with Crippen LogP contribution in [0.15, 0.2) is 23.0 Å². The fourth-order valence-electron chi connectivity index (χ4n) is 8.69. The Morgan fingerprint density at radius 2 is 1.19 bits per heavy atom. The number of nitrogens with zero attached hydrogens (tertiary/aromatic N) is 1. The van der Waals surface area contributed by atoms with E-state index >= 15 is 0 Å². The maximum atomic E-state index is 14.2. The van der Waals surface area contributed by atoms with Gasteiger partial charge in [-0.15, -0.1) is 0 Å². The fraction of sp³-hybridized carbons (Fsp3) is 0.812. The minimum atomic E-state index is -2.22. The Bertz CT molecular complexity index is 1650. The molecular weight excluding hydrogens is 811 g/mol. The van der Waals surface area contributed by atoms with Crippen LogP contribution >= 0.6 is 0 Å². The van der Waals surface area contributed by atoms with E-state index in [2.05, 4.69) is 41.5 Å². The second-order valence-corrected chi connectivity index (χ2v) is 28.1. The van der Waals surface area contributed by atoms with Crippen molar-refractivity contribution in [2.75, 3.05) is 13.2 Å². The summed E-state index contributed by atoms with van der Waals surface area (Å²) in [6.07, 6.45) is -2.33. The topological polar surface area (TPSA) is 157 Å². The molecular formula is C48H81NO12Si. The van der Waals surface area contributed by atoms with Crippen molar-refractivity contribution < 1.29 is 56.5 Å². The highest BCUT2D eigenvalue weighted by Crippen LogP contribution is 2.46. The quantitative estimate of drug-likeness (QED) is 0.0710. The van der Waals surface area contributed by atoms with Crippen molar-refractivity contribution in [3.63, 3.8) is 0 Å². The lowest BCUT2D eigenvalue weighted by molar-refractivity contribution is -0.295. The number of ketones is 1. The lowest BCUT2D eigenvalue weighted by Crippen LogP contribution is -2.69. The zero-order chi connectivity index (χ0) is 47.5. The molecule has 14 heteroatoms. The Labute approximate surface area is 373 Å². The summed E-state index contributed by atoms with van der Waals surface area (Å²) in [7, 11) is -2.22. The van der Waals surface area contributed by atoms with Crippen molar-refractivity contribution in [2.45, 2.75) is 210 Å². The Hall–Kier alpha value is -3.07. The number of likely N-dealkylation sites (tertiary alicyclic amines) is 1. The van der Waals surface area contributed by atoms with E-state index in [1.165, 1.54) is 6.26 Å². The molecule has 2 saturated heterocycles. The highest BCUT2D eigenvalue weighted by atomic mass is 28.4. The molecule has 1 aromatic rings. The van der Waals surface area contributed by atoms with Gasteiger partial charge >= 0.3 is 23.9 Å². The number of hydrogen-bond acceptors (Lipinski definition) is 13. The first kappa shape index (κ1) is 53.3. The zero-order valence-electron chi connectivity index (χ0n) is 41.5. The summed E-state index contributed by atoms with van der Waals surface area (Å²) in [4.78, 5) is 71.6. The maximum absolute atomic E-state index is 14.2. The van der Waals surface area contributed by atoms with Crippen molar-refractivity contribution in [3.8, 4) is 0 Å². The van der Waals surface area contributed by atoms with Crippen LogP contribution < -0.4 is 0 Å². The van der Waals surface area contributed by atoms with Crippen LogP contribution in [0.3, 0.4) is 0 Å². The van der Waals surface area contributed by atoms with Gasteiger partial charge in [-0.2, -0.15) is 0 Å². The average Bonchev–Trinajstić information content (AvgIpc) is 3.67. The molecule has 0 spiro atoms. The zero-order valence-corrected chi connectivity index (χ0v) is 42.5. The molecule has 0 bridgehead atoms. The predicted octanol–water partition coefficient (Wildman–Crippen LogP) is 9.76. The second-order valence-electron chi connectivity index (χ2n) is 22.6. The van der Waals surface area contributed by atoms with Crippen LogP contribution in [0.4, 0.5) is 0 Å². The highest BCUT2D eigenvalue weighted by Gasteiger charge is 2.59. The summed E-state index contributed by atoms with van der Waals surface area (Å²) in [6, 6.07) is 0.658. The van der Waals surface area contributed by atoms with Gasteiger partial charge in [0.05, 0.1) is 34.2 Å². The van der Waals surface area contributed by atoms with E-state index < -0.39 is 102 Å². The van der Waals surface area contributed by atoms with E-state index in [0.717, 1.165) is 0 Å². The Morgan fingerprint density at radius 3 is 1.63 bits per heavy atom. The van der Waals surface area contributed by atoms with Crippen LogP contribution in [-0.4, -0.2) is 92.8 Å². The molecule has 3 heterocycles. The fourth-order valence-corrected chi connectivity index (χ4v) is 14.2. The van der Waals surface area contributed by atoms with Crippen LogP contribution in [0, 0.1) is 27.6 Å². The first-order valence-electron chi connectivity index (χ1n) is 22.7. The molecule has 0 saturated carbocycles. The molecule has 2 aliphatic rings. The number of esters is 4. The number of piperidine rings is 1. The summed E-state index contributed by atoms with van der Waals surface area (Å²) in [5.41, 5.74) is -2.12. The third-order valence-electron chi connectivity index (χ3n) is 12.3. The van der Waals surface area contributed by atoms with Gasteiger partial charge in [0.1, 0.15) is 18.5 Å². The van der Waals surface area contributed by atoms with E-state index in [1.54, 1.807) is 95.4 Å². The van der Waals surface area contributed by atoms with Crippen molar-refractivity contribution in [1.29, 1.82) is 0 Å². The maximum Gasteiger partial charge on any atom is 0.311 e. The molecule has 0 aromatic carbocycles. The lowest BCUT2D eigenvalue weighted by Gasteiger charge is -2.54. The monoisotopic (exact) mass is 892 g/mol. The van der Waals surface area contributed by atoms with Gasteiger partial charge in [0, 0.05) is 36.6 Å². The molecule has 62 heavy (non-hydrogen) atoms. The molecule has 8 atom stereocenters. The van der Waals surface area contributed by atoms with Crippen LogP contribution in [0.25, 0.3) is 0 Å². The summed E-state index contributed by atoms with van der Waals surface area (Å²) >= 11 is 0. The Morgan fingerprint density at radius 1 is 0.726 bits per heavy atom. The number of carbonyl (C=O) groups is 5. The van der Waals surface area contributed by atoms with Gasteiger partial charge in [0.15, 0.2) is 32.9 Å². The van der Waals surface area contributed by atoms with E-state index in [0.29, 0.717) is 41.6 Å². The SMILES string of the molecule is CC(C)[Si](OCCC[C@H]1[C@@H](C)C(=O)C[C@@H](c2ccoc2)N1[C@@H]1OC(COC(=O)C(C)(C)C)[C@H](OC(=O)C(C)(C)C)C(OC(=O)C(C)(C)C)C1OC(=O)C(C)(C)C)(C(C)C)C(C)C. The molecule has 0 N–H and O–H groups in total. The van der Waals surface area contributed by atoms with Crippen molar-refractivity contribution in [1.82, 2.24) is 4.90 Å². The van der Waals surface area contributed by atoms with E-state index in [4.69, 9.17) is 32.5 Å². The molecule has 0 aliphatic carbocycles. The van der Waals surface area contributed by atoms with Gasteiger partial charge in [0.25, 0.3) is 0 Å². The first-order valence-corrected chi connectivity index (χ1v) is 24.8. The van der Waals surface area contributed by atoms with Gasteiger partial charge in [-0.3, -0.25) is 28.9 Å². The molecule has 2 fully saturated rings. The molecule has 3 unspecified atom stereocenters. The summed E-state index contributed by atoms with van der Waals surface area (Å²) in [6.45, 7) is 35.9. The number of Topliss-reactive ketones (excluding diaryl/α,β-unsaturated/α-hetero) is 1. The van der Waals surface area contributed by atoms with Crippen LogP contribution in [0.2, 0.25) is 16.6 Å². The predicted molar refractivity (Wildman–Crippen MR) is 239 cm³/mol. The van der Waals surface area contributed by atoms with Crippen molar-refractivity contribution >= 4 is 38.0 Å². The second kappa shape index (κ2) is 20.4. The van der Waals surface area contributed by atoms with Crippen LogP contribution in [-0.2, 0) is 52.1 Å². The summed E-state index contributed by atoms with van der Waals surface area (Å²) < 4.78 is 44.7. The minimum absolute atomic E-state index is 0.0380. The van der Waals surface area contributed by atoms with Crippen LogP contribution in [0.1, 0.15) is 162 Å². The molecule has 1 aromatic heterocycles. The summed E-state index contributed by atoms with van der Waals surface area (Å²) in [5.74, 6) is -2.89. The molecule has 0 radical (unpaired) electrons. The van der Waals surface area contributed by atoms with Crippen LogP contribution in [0.5, 0.6) is 0 Å². The molecule has 354 valence electrons. The first-order chi connectivity index (χ1) is 28.3. The third kappa shape index (κ3) is 12.6. The molecule has 0 amide bonds. The highest BCUT2D eigenvalue weighted by molar-refractivity contribution is 6.77. The standard InChI is InChI=1S/C48H81NO12Si/c1-28(2)62(29(3)4,30(5)6)57-23-20-21-33-31(7)35(50)25-34(32-22-24-55-26-32)49(33)40-39(61-44(54)48(17,18)19)38(60-43(53)47(14,15)16)37(59-42(52)46(11,12)13)36(58-40)27-56-41(51)45(8,9)10/h22,24,26,28-31,33-34,36-40H,20-21,23,25,27H2,1-19H3/t31-,33+,34+,36?,37+,38?,39?,40-/m1/s1. The Balaban J connectivity index is 2.35. The molecule has 3 rings (SSSR count). The van der Waals surface area contributed by atoms with E-state index in [-0.39, 0.29) is 18.8 Å². The van der Waals surface area contributed by atoms with E-state index in [1.807, 2.05) is 11.8 Å². The Kier molecular flexibility index (Phi) is 17.5. The number of hydrogen-bond donors (Lipinski definition) is 0. The minimum Gasteiger partial charge on any atom is -0.472 e. The van der Waals surface area contributed by atoms with Gasteiger partial charge in [0.2, 0.25) is 0 Å². The molecule has 2 aliphatic heterocycles. The molecule has 13 nitrogen and oxygen atoms in total. The number of carbonyl (C=O) groups excluding carboxylic acids is 5. The number of rotatable bonds is 15. The van der Waals surface area contributed by atoms with Gasteiger partial charge in [-0.05, 0) is 119 Å². The number of furan rings is 1. The van der Waals surface area contributed by atoms with Gasteiger partial charge in [-0.25, -0.2) is 0 Å². The third-order valence-corrected chi connectivity index (χ3v) is 18.4. The van der Waals surface area contributed by atoms with Crippen molar-refractivity contribution in [2.24, 2.45) is 27.6 Å². The van der Waals surface area contributed by atoms with Gasteiger partial charge < -0.3 is 32.5 Å². The smallest absolute Gasteiger partial charge is 0.311 e.